The third-order valence-electron chi connectivity index (χ3n) is 4.55. The molecule has 1 aliphatic carbocycles. The third kappa shape index (κ3) is 5.41. The maximum absolute atomic E-state index is 14.0. The molecule has 1 saturated carbocycles. The van der Waals surface area contributed by atoms with Crippen LogP contribution in [0.1, 0.15) is 56.9 Å². The van der Waals surface area contributed by atoms with E-state index in [2.05, 4.69) is 11.7 Å². The summed E-state index contributed by atoms with van der Waals surface area (Å²) in [5.74, 6) is -3.43. The first kappa shape index (κ1) is 19.7. The molecule has 0 heterocycles. The molecule has 1 fully saturated rings. The van der Waals surface area contributed by atoms with E-state index in [9.17, 15) is 26.3 Å². The Labute approximate surface area is 142 Å². The van der Waals surface area contributed by atoms with Crippen molar-refractivity contribution >= 4 is 0 Å². The lowest BCUT2D eigenvalue weighted by Gasteiger charge is -2.29. The zero-order valence-electron chi connectivity index (χ0n) is 13.8. The van der Waals surface area contributed by atoms with Crippen LogP contribution < -0.4 is 4.74 Å². The fourth-order valence-corrected chi connectivity index (χ4v) is 3.40. The zero-order valence-corrected chi connectivity index (χ0v) is 13.8. The molecule has 1 aliphatic rings. The predicted molar refractivity (Wildman–Crippen MR) is 81.8 cm³/mol. The van der Waals surface area contributed by atoms with Crippen LogP contribution in [-0.2, 0) is 0 Å². The quantitative estimate of drug-likeness (QED) is 0.504. The van der Waals surface area contributed by atoms with E-state index in [1.807, 2.05) is 0 Å². The van der Waals surface area contributed by atoms with E-state index >= 15 is 0 Å². The van der Waals surface area contributed by atoms with Crippen LogP contribution in [-0.4, -0.2) is 6.11 Å². The highest BCUT2D eigenvalue weighted by molar-refractivity contribution is 5.34. The average Bonchev–Trinajstić information content (AvgIpc) is 2.50. The van der Waals surface area contributed by atoms with Gasteiger partial charge in [-0.25, -0.2) is 8.78 Å². The van der Waals surface area contributed by atoms with Gasteiger partial charge in [0, 0.05) is 0 Å². The van der Waals surface area contributed by atoms with E-state index < -0.39 is 35.6 Å². The first-order valence-corrected chi connectivity index (χ1v) is 8.31. The molecule has 1 nitrogen and oxygen atoms in total. The molecule has 0 radical (unpaired) electrons. The molecule has 0 amide bonds. The molecular formula is C18H20F6O. The molecule has 1 aromatic rings. The van der Waals surface area contributed by atoms with Gasteiger partial charge >= 0.3 is 6.11 Å². The van der Waals surface area contributed by atoms with Crippen molar-refractivity contribution in [1.29, 1.82) is 0 Å². The number of rotatable bonds is 6. The predicted octanol–water partition coefficient (Wildman–Crippen LogP) is 6.79. The molecule has 0 spiro atoms. The van der Waals surface area contributed by atoms with E-state index in [1.54, 1.807) is 0 Å². The maximum Gasteiger partial charge on any atom is 0.425 e. The molecule has 1 aromatic carbocycles. The molecule has 0 bridgehead atoms. The smallest absolute Gasteiger partial charge is 0.423 e. The summed E-state index contributed by atoms with van der Waals surface area (Å²) in [7, 11) is 0. The zero-order chi connectivity index (χ0) is 18.6. The topological polar surface area (TPSA) is 9.23 Å². The van der Waals surface area contributed by atoms with E-state index in [4.69, 9.17) is 0 Å². The number of halogens is 6. The van der Waals surface area contributed by atoms with Crippen molar-refractivity contribution in [2.24, 2.45) is 5.92 Å². The minimum absolute atomic E-state index is 0.0464. The standard InChI is InChI=1S/C18H20F6O/c1-2-3-11-4-6-12(7-5-11)13-8-14(19)17(15(20)9-13)25-18(23,24)10-16(21)22/h8-12H,2-7H2,1H3. The Hall–Kier alpha value is -1.66. The second kappa shape index (κ2) is 8.15. The summed E-state index contributed by atoms with van der Waals surface area (Å²) >= 11 is 0. The highest BCUT2D eigenvalue weighted by Gasteiger charge is 2.34. The number of ether oxygens (including phenoxy) is 1. The van der Waals surface area contributed by atoms with Crippen LogP contribution >= 0.6 is 0 Å². The molecule has 25 heavy (non-hydrogen) atoms. The van der Waals surface area contributed by atoms with Crippen molar-refractivity contribution in [1.82, 2.24) is 0 Å². The summed E-state index contributed by atoms with van der Waals surface area (Å²) in [6.07, 6.45) is -2.33. The van der Waals surface area contributed by atoms with Crippen molar-refractivity contribution < 1.29 is 31.1 Å². The van der Waals surface area contributed by atoms with Gasteiger partial charge in [0.25, 0.3) is 6.08 Å². The van der Waals surface area contributed by atoms with Crippen molar-refractivity contribution in [2.45, 2.75) is 57.5 Å². The van der Waals surface area contributed by atoms with Crippen LogP contribution in [0, 0.1) is 17.6 Å². The second-order valence-electron chi connectivity index (χ2n) is 6.42. The van der Waals surface area contributed by atoms with Gasteiger partial charge < -0.3 is 4.74 Å². The lowest BCUT2D eigenvalue weighted by atomic mass is 9.77. The van der Waals surface area contributed by atoms with Crippen LogP contribution in [0.2, 0.25) is 0 Å². The largest absolute Gasteiger partial charge is 0.425 e. The summed E-state index contributed by atoms with van der Waals surface area (Å²) in [4.78, 5) is 0. The molecule has 140 valence electrons. The number of hydrogen-bond donors (Lipinski definition) is 0. The average molecular weight is 366 g/mol. The van der Waals surface area contributed by atoms with Gasteiger partial charge in [-0.2, -0.15) is 17.6 Å². The fraction of sp³-hybridized carbons (Fsp3) is 0.556. The number of benzene rings is 1. The minimum Gasteiger partial charge on any atom is -0.423 e. The Balaban J connectivity index is 2.14. The van der Waals surface area contributed by atoms with Gasteiger partial charge in [-0.1, -0.05) is 19.8 Å². The minimum atomic E-state index is -4.50. The Morgan fingerprint density at radius 1 is 1.12 bits per heavy atom. The molecule has 7 heteroatoms. The molecule has 0 saturated heterocycles. The molecule has 0 atom stereocenters. The number of hydrogen-bond acceptors (Lipinski definition) is 1. The first-order valence-electron chi connectivity index (χ1n) is 8.31. The SMILES string of the molecule is CCCC1CCC(c2cc(F)c(OC(F)(F)C=C(F)F)c(F)c2)CC1. The lowest BCUT2D eigenvalue weighted by Crippen LogP contribution is -2.23. The van der Waals surface area contributed by atoms with Crippen molar-refractivity contribution in [2.75, 3.05) is 0 Å². The third-order valence-corrected chi connectivity index (χ3v) is 4.55. The first-order chi connectivity index (χ1) is 11.7. The van der Waals surface area contributed by atoms with Crippen LogP contribution in [0.5, 0.6) is 5.75 Å². The van der Waals surface area contributed by atoms with Gasteiger partial charge in [0.2, 0.25) is 0 Å². The summed E-state index contributed by atoms with van der Waals surface area (Å²) in [5.41, 5.74) is 0.382. The van der Waals surface area contributed by atoms with E-state index in [1.165, 1.54) is 0 Å². The van der Waals surface area contributed by atoms with Crippen molar-refractivity contribution in [3.8, 4) is 5.75 Å². The summed E-state index contributed by atoms with van der Waals surface area (Å²) in [6.45, 7) is 2.11. The number of alkyl halides is 2. The summed E-state index contributed by atoms with van der Waals surface area (Å²) in [5, 5.41) is 0. The van der Waals surface area contributed by atoms with Gasteiger partial charge in [-0.15, -0.1) is 0 Å². The molecule has 2 rings (SSSR count). The van der Waals surface area contributed by atoms with E-state index in [0.717, 1.165) is 50.7 Å². The molecule has 0 N–H and O–H groups in total. The van der Waals surface area contributed by atoms with Gasteiger partial charge in [0.05, 0.1) is 6.08 Å². The van der Waals surface area contributed by atoms with Gasteiger partial charge in [0.15, 0.2) is 17.4 Å². The lowest BCUT2D eigenvalue weighted by molar-refractivity contribution is -0.137. The summed E-state index contributed by atoms with van der Waals surface area (Å²) < 4.78 is 82.1. The van der Waals surface area contributed by atoms with Gasteiger partial charge in [-0.05, 0) is 55.2 Å². The van der Waals surface area contributed by atoms with Gasteiger partial charge in [0.1, 0.15) is 0 Å². The van der Waals surface area contributed by atoms with Crippen LogP contribution in [0.15, 0.2) is 24.3 Å². The van der Waals surface area contributed by atoms with Crippen LogP contribution in [0.4, 0.5) is 26.3 Å². The Kier molecular flexibility index (Phi) is 6.41. The molecule has 0 unspecified atom stereocenters. The Morgan fingerprint density at radius 2 is 1.68 bits per heavy atom. The van der Waals surface area contributed by atoms with Crippen molar-refractivity contribution in [3.63, 3.8) is 0 Å². The molecule has 0 aliphatic heterocycles. The normalized spacial score (nSPS) is 21.1. The molecular weight excluding hydrogens is 346 g/mol. The van der Waals surface area contributed by atoms with Gasteiger partial charge in [-0.3, -0.25) is 0 Å². The summed E-state index contributed by atoms with van der Waals surface area (Å²) in [6, 6.07) is 1.91. The maximum atomic E-state index is 14.0. The van der Waals surface area contributed by atoms with Crippen LogP contribution in [0.3, 0.4) is 0 Å². The highest BCUT2D eigenvalue weighted by atomic mass is 19.3. The highest BCUT2D eigenvalue weighted by Crippen LogP contribution is 2.39. The monoisotopic (exact) mass is 366 g/mol. The van der Waals surface area contributed by atoms with E-state index in [-0.39, 0.29) is 5.92 Å². The Morgan fingerprint density at radius 3 is 2.16 bits per heavy atom. The van der Waals surface area contributed by atoms with E-state index in [0.29, 0.717) is 11.5 Å². The fourth-order valence-electron chi connectivity index (χ4n) is 3.40. The molecule has 0 aromatic heterocycles. The van der Waals surface area contributed by atoms with Crippen LogP contribution in [0.25, 0.3) is 0 Å². The Bertz CT molecular complexity index is 593. The van der Waals surface area contributed by atoms with Crippen molar-refractivity contribution in [3.05, 3.63) is 41.5 Å². The second-order valence-corrected chi connectivity index (χ2v) is 6.42.